The lowest BCUT2D eigenvalue weighted by molar-refractivity contribution is 0.518. The number of thiazole rings is 1. The molecule has 1 aromatic carbocycles. The van der Waals surface area contributed by atoms with Crippen LogP contribution in [0.4, 0.5) is 4.39 Å². The minimum absolute atomic E-state index is 0.169. The molecule has 0 bridgehead atoms. The minimum atomic E-state index is -0.169. The maximum absolute atomic E-state index is 13.2. The molecule has 0 aliphatic heterocycles. The zero-order chi connectivity index (χ0) is 13.7. The number of benzene rings is 1. The van der Waals surface area contributed by atoms with Gasteiger partial charge in [-0.1, -0.05) is 19.1 Å². The Labute approximate surface area is 117 Å². The van der Waals surface area contributed by atoms with Crippen LogP contribution in [0, 0.1) is 12.7 Å². The number of hydrogen-bond acceptors (Lipinski definition) is 3. The third-order valence-corrected chi connectivity index (χ3v) is 3.94. The van der Waals surface area contributed by atoms with Crippen molar-refractivity contribution in [1.29, 1.82) is 0 Å². The van der Waals surface area contributed by atoms with Gasteiger partial charge in [-0.25, -0.2) is 9.37 Å². The van der Waals surface area contributed by atoms with Crippen LogP contribution in [0.3, 0.4) is 0 Å². The Morgan fingerprint density at radius 1 is 1.37 bits per heavy atom. The molecular formula is C15H19FN2S. The number of halogens is 1. The maximum atomic E-state index is 13.2. The standard InChI is InChI=1S/C15H19FN2S/c1-3-17-14(9-15-18-11(2)10-19-15)8-12-5-4-6-13(16)7-12/h4-7,10,14,17H,3,8-9H2,1-2H3. The first-order chi connectivity index (χ1) is 9.17. The van der Waals surface area contributed by atoms with E-state index >= 15 is 0 Å². The Kier molecular flexibility index (Phi) is 5.05. The van der Waals surface area contributed by atoms with Crippen LogP contribution in [0.2, 0.25) is 0 Å². The average Bonchev–Trinajstić information content (AvgIpc) is 2.75. The summed E-state index contributed by atoms with van der Waals surface area (Å²) in [5.74, 6) is -0.169. The van der Waals surface area contributed by atoms with Gasteiger partial charge in [-0.15, -0.1) is 11.3 Å². The summed E-state index contributed by atoms with van der Waals surface area (Å²) in [4.78, 5) is 4.50. The molecule has 0 saturated carbocycles. The zero-order valence-electron chi connectivity index (χ0n) is 11.3. The summed E-state index contributed by atoms with van der Waals surface area (Å²) in [5.41, 5.74) is 2.10. The summed E-state index contributed by atoms with van der Waals surface area (Å²) in [6.45, 7) is 5.00. The van der Waals surface area contributed by atoms with Gasteiger partial charge in [-0.3, -0.25) is 0 Å². The van der Waals surface area contributed by atoms with Crippen LogP contribution in [0.25, 0.3) is 0 Å². The van der Waals surface area contributed by atoms with Crippen molar-refractivity contribution in [3.8, 4) is 0 Å². The molecule has 19 heavy (non-hydrogen) atoms. The second-order valence-electron chi connectivity index (χ2n) is 4.68. The van der Waals surface area contributed by atoms with Gasteiger partial charge in [0.25, 0.3) is 0 Å². The fraction of sp³-hybridized carbons (Fsp3) is 0.400. The van der Waals surface area contributed by atoms with Crippen molar-refractivity contribution in [3.63, 3.8) is 0 Å². The highest BCUT2D eigenvalue weighted by Crippen LogP contribution is 2.14. The highest BCUT2D eigenvalue weighted by Gasteiger charge is 2.12. The average molecular weight is 278 g/mol. The number of nitrogens with one attached hydrogen (secondary N) is 1. The summed E-state index contributed by atoms with van der Waals surface area (Å²) >= 11 is 1.69. The molecular weight excluding hydrogens is 259 g/mol. The van der Waals surface area contributed by atoms with E-state index < -0.39 is 0 Å². The van der Waals surface area contributed by atoms with Crippen molar-refractivity contribution in [3.05, 3.63) is 51.7 Å². The van der Waals surface area contributed by atoms with Crippen LogP contribution < -0.4 is 5.32 Å². The van der Waals surface area contributed by atoms with Crippen molar-refractivity contribution in [1.82, 2.24) is 10.3 Å². The molecule has 1 N–H and O–H groups in total. The van der Waals surface area contributed by atoms with Crippen LogP contribution in [0.15, 0.2) is 29.6 Å². The fourth-order valence-electron chi connectivity index (χ4n) is 2.16. The van der Waals surface area contributed by atoms with Crippen molar-refractivity contribution in [2.24, 2.45) is 0 Å². The van der Waals surface area contributed by atoms with E-state index in [1.807, 2.05) is 13.0 Å². The van der Waals surface area contributed by atoms with E-state index in [0.717, 1.165) is 35.7 Å². The monoisotopic (exact) mass is 278 g/mol. The molecule has 0 saturated heterocycles. The smallest absolute Gasteiger partial charge is 0.123 e. The second kappa shape index (κ2) is 6.78. The first kappa shape index (κ1) is 14.2. The molecule has 1 aromatic heterocycles. The lowest BCUT2D eigenvalue weighted by Gasteiger charge is -2.16. The Morgan fingerprint density at radius 3 is 2.84 bits per heavy atom. The van der Waals surface area contributed by atoms with Crippen LogP contribution in [0.5, 0.6) is 0 Å². The van der Waals surface area contributed by atoms with E-state index in [1.165, 1.54) is 6.07 Å². The lowest BCUT2D eigenvalue weighted by Crippen LogP contribution is -2.33. The second-order valence-corrected chi connectivity index (χ2v) is 5.62. The molecule has 1 heterocycles. The van der Waals surface area contributed by atoms with Gasteiger partial charge < -0.3 is 5.32 Å². The molecule has 0 radical (unpaired) electrons. The summed E-state index contributed by atoms with van der Waals surface area (Å²) in [6.07, 6.45) is 1.72. The summed E-state index contributed by atoms with van der Waals surface area (Å²) < 4.78 is 13.2. The first-order valence-electron chi connectivity index (χ1n) is 6.56. The molecule has 102 valence electrons. The van der Waals surface area contributed by atoms with E-state index in [9.17, 15) is 4.39 Å². The van der Waals surface area contributed by atoms with Crippen molar-refractivity contribution in [2.75, 3.05) is 6.54 Å². The van der Waals surface area contributed by atoms with Gasteiger partial charge in [-0.2, -0.15) is 0 Å². The molecule has 0 aliphatic carbocycles. The predicted molar refractivity (Wildman–Crippen MR) is 78.1 cm³/mol. The summed E-state index contributed by atoms with van der Waals surface area (Å²) in [7, 11) is 0. The van der Waals surface area contributed by atoms with Crippen molar-refractivity contribution < 1.29 is 4.39 Å². The maximum Gasteiger partial charge on any atom is 0.123 e. The Bertz CT molecular complexity index is 524. The Balaban J connectivity index is 2.03. The highest BCUT2D eigenvalue weighted by atomic mass is 32.1. The molecule has 0 amide bonds. The molecule has 4 heteroatoms. The normalized spacial score (nSPS) is 12.6. The van der Waals surface area contributed by atoms with E-state index in [1.54, 1.807) is 23.5 Å². The molecule has 1 unspecified atom stereocenters. The largest absolute Gasteiger partial charge is 0.314 e. The minimum Gasteiger partial charge on any atom is -0.314 e. The Hall–Kier alpha value is -1.26. The molecule has 0 aliphatic rings. The van der Waals surface area contributed by atoms with Crippen molar-refractivity contribution >= 4 is 11.3 Å². The highest BCUT2D eigenvalue weighted by molar-refractivity contribution is 7.09. The third-order valence-electron chi connectivity index (χ3n) is 2.95. The van der Waals surface area contributed by atoms with E-state index in [4.69, 9.17) is 0 Å². The van der Waals surface area contributed by atoms with E-state index in [-0.39, 0.29) is 5.82 Å². The predicted octanol–water partition coefficient (Wildman–Crippen LogP) is 3.35. The van der Waals surface area contributed by atoms with Gasteiger partial charge in [0.05, 0.1) is 5.01 Å². The molecule has 1 atom stereocenters. The van der Waals surface area contributed by atoms with Crippen molar-refractivity contribution in [2.45, 2.75) is 32.7 Å². The van der Waals surface area contributed by atoms with Gasteiger partial charge in [0.15, 0.2) is 0 Å². The number of aryl methyl sites for hydroxylation is 1. The number of aromatic nitrogens is 1. The first-order valence-corrected chi connectivity index (χ1v) is 7.44. The molecule has 2 nitrogen and oxygen atoms in total. The molecule has 2 aromatic rings. The fourth-order valence-corrected chi connectivity index (χ4v) is 3.01. The SMILES string of the molecule is CCNC(Cc1cccc(F)c1)Cc1nc(C)cs1. The number of rotatable bonds is 6. The van der Waals surface area contributed by atoms with Gasteiger partial charge >= 0.3 is 0 Å². The van der Waals surface area contributed by atoms with Crippen LogP contribution >= 0.6 is 11.3 Å². The Morgan fingerprint density at radius 2 is 2.21 bits per heavy atom. The number of likely N-dealkylation sites (N-methyl/N-ethyl adjacent to an activating group) is 1. The van der Waals surface area contributed by atoms with Gasteiger partial charge in [-0.05, 0) is 37.6 Å². The van der Waals surface area contributed by atoms with Gasteiger partial charge in [0.1, 0.15) is 5.82 Å². The van der Waals surface area contributed by atoms with Gasteiger partial charge in [0.2, 0.25) is 0 Å². The van der Waals surface area contributed by atoms with Crippen LogP contribution in [-0.4, -0.2) is 17.6 Å². The van der Waals surface area contributed by atoms with E-state index in [0.29, 0.717) is 6.04 Å². The topological polar surface area (TPSA) is 24.9 Å². The van der Waals surface area contributed by atoms with E-state index in [2.05, 4.69) is 22.6 Å². The van der Waals surface area contributed by atoms with Crippen LogP contribution in [-0.2, 0) is 12.8 Å². The number of nitrogens with zero attached hydrogens (tertiary/aromatic N) is 1. The molecule has 0 spiro atoms. The molecule has 2 rings (SSSR count). The quantitative estimate of drug-likeness (QED) is 0.876. The van der Waals surface area contributed by atoms with Crippen LogP contribution in [0.1, 0.15) is 23.2 Å². The van der Waals surface area contributed by atoms with Gasteiger partial charge in [0, 0.05) is 23.5 Å². The third kappa shape index (κ3) is 4.40. The summed E-state index contributed by atoms with van der Waals surface area (Å²) in [6, 6.07) is 7.13. The lowest BCUT2D eigenvalue weighted by atomic mass is 10.0. The summed E-state index contributed by atoms with van der Waals surface area (Å²) in [5, 5.41) is 6.66. The number of hydrogen-bond donors (Lipinski definition) is 1. The molecule has 0 fully saturated rings. The zero-order valence-corrected chi connectivity index (χ0v) is 12.1.